The molecule has 1 unspecified atom stereocenters. The van der Waals surface area contributed by atoms with Crippen molar-refractivity contribution < 1.29 is 0 Å². The second-order valence-corrected chi connectivity index (χ2v) is 6.02. The Balaban J connectivity index is 2.35. The molecule has 100 valence electrons. The van der Waals surface area contributed by atoms with Gasteiger partial charge in [-0.1, -0.05) is 0 Å². The minimum absolute atomic E-state index is 0.129. The maximum absolute atomic E-state index is 2.39. The molecule has 2 aromatic rings. The van der Waals surface area contributed by atoms with Crippen LogP contribution >= 0.6 is 0 Å². The van der Waals surface area contributed by atoms with Crippen molar-refractivity contribution in [2.75, 3.05) is 0 Å². The molecule has 0 radical (unpaired) electrons. The Bertz CT molecular complexity index is 515. The van der Waals surface area contributed by atoms with Gasteiger partial charge in [0, 0.05) is 0 Å². The Labute approximate surface area is 132 Å². The van der Waals surface area contributed by atoms with Gasteiger partial charge in [0.05, 0.1) is 0 Å². The SMILES string of the molecule is [Li][C](CCCCC)(c1ccccc1)c1ccc(C)cc1. The van der Waals surface area contributed by atoms with Gasteiger partial charge in [-0.3, -0.25) is 0 Å². The summed E-state index contributed by atoms with van der Waals surface area (Å²) in [5, 5.41) is 0. The molecule has 0 saturated carbocycles. The summed E-state index contributed by atoms with van der Waals surface area (Å²) in [5.74, 6) is 0. The molecule has 0 aliphatic carbocycles. The molecule has 0 saturated heterocycles. The molecular formula is C19H23Li. The van der Waals surface area contributed by atoms with Crippen molar-refractivity contribution in [3.05, 3.63) is 71.3 Å². The number of rotatable bonds is 6. The Morgan fingerprint density at radius 3 is 2.05 bits per heavy atom. The molecule has 0 aliphatic rings. The molecule has 1 atom stereocenters. The van der Waals surface area contributed by atoms with Crippen molar-refractivity contribution in [2.45, 2.75) is 43.6 Å². The van der Waals surface area contributed by atoms with Gasteiger partial charge in [0.2, 0.25) is 0 Å². The average Bonchev–Trinajstić information content (AvgIpc) is 2.49. The van der Waals surface area contributed by atoms with Gasteiger partial charge in [-0.05, 0) is 0 Å². The normalized spacial score (nSPS) is 14.0. The van der Waals surface area contributed by atoms with Crippen molar-refractivity contribution in [1.29, 1.82) is 0 Å². The fourth-order valence-electron chi connectivity index (χ4n) is 2.91. The van der Waals surface area contributed by atoms with Crippen LogP contribution in [0.1, 0.15) is 49.3 Å². The number of aryl methyl sites for hydroxylation is 1. The van der Waals surface area contributed by atoms with Gasteiger partial charge in [0.15, 0.2) is 0 Å². The molecule has 0 heterocycles. The Kier molecular flexibility index (Phi) is 5.52. The van der Waals surface area contributed by atoms with Gasteiger partial charge in [-0.2, -0.15) is 0 Å². The van der Waals surface area contributed by atoms with Gasteiger partial charge in [-0.25, -0.2) is 0 Å². The van der Waals surface area contributed by atoms with Gasteiger partial charge in [0.1, 0.15) is 0 Å². The third-order valence-electron chi connectivity index (χ3n) is 4.38. The van der Waals surface area contributed by atoms with Gasteiger partial charge in [0.25, 0.3) is 0 Å². The molecule has 0 nitrogen and oxygen atoms in total. The van der Waals surface area contributed by atoms with Crippen molar-refractivity contribution in [2.24, 2.45) is 0 Å². The Morgan fingerprint density at radius 2 is 1.45 bits per heavy atom. The van der Waals surface area contributed by atoms with Crippen LogP contribution in [0.15, 0.2) is 54.6 Å². The molecule has 2 aromatic carbocycles. The topological polar surface area (TPSA) is 0 Å². The molecule has 1 heteroatoms. The van der Waals surface area contributed by atoms with Crippen LogP contribution in [0.4, 0.5) is 0 Å². The van der Waals surface area contributed by atoms with E-state index < -0.39 is 0 Å². The monoisotopic (exact) mass is 258 g/mol. The zero-order valence-electron chi connectivity index (χ0n) is 13.0. The molecule has 20 heavy (non-hydrogen) atoms. The summed E-state index contributed by atoms with van der Waals surface area (Å²) >= 11 is 2.39. The summed E-state index contributed by atoms with van der Waals surface area (Å²) in [6, 6.07) is 20.0. The van der Waals surface area contributed by atoms with E-state index in [4.69, 9.17) is 0 Å². The molecule has 0 N–H and O–H groups in total. The summed E-state index contributed by atoms with van der Waals surface area (Å²) in [6.45, 7) is 4.42. The van der Waals surface area contributed by atoms with Crippen molar-refractivity contribution >= 4 is 17.7 Å². The third kappa shape index (κ3) is 3.57. The summed E-state index contributed by atoms with van der Waals surface area (Å²) in [4.78, 5) is 0. The van der Waals surface area contributed by atoms with E-state index in [-0.39, 0.29) is 4.09 Å². The van der Waals surface area contributed by atoms with Crippen molar-refractivity contribution in [1.82, 2.24) is 0 Å². The van der Waals surface area contributed by atoms with Gasteiger partial charge >= 0.3 is 133 Å². The van der Waals surface area contributed by atoms with Crippen molar-refractivity contribution in [3.63, 3.8) is 0 Å². The van der Waals surface area contributed by atoms with E-state index in [9.17, 15) is 0 Å². The fraction of sp³-hybridized carbons (Fsp3) is 0.368. The summed E-state index contributed by atoms with van der Waals surface area (Å²) in [5.41, 5.74) is 4.20. The first-order chi connectivity index (χ1) is 9.66. The van der Waals surface area contributed by atoms with Crippen LogP contribution < -0.4 is 0 Å². The average molecular weight is 258 g/mol. The van der Waals surface area contributed by atoms with E-state index in [1.165, 1.54) is 42.4 Å². The zero-order valence-corrected chi connectivity index (χ0v) is 13.0. The molecule has 2 rings (SSSR count). The van der Waals surface area contributed by atoms with E-state index in [1.807, 2.05) is 0 Å². The predicted octanol–water partition coefficient (Wildman–Crippen LogP) is 4.99. The van der Waals surface area contributed by atoms with Crippen molar-refractivity contribution in [3.8, 4) is 0 Å². The number of unbranched alkanes of at least 4 members (excludes halogenated alkanes) is 2. The molecule has 0 spiro atoms. The third-order valence-corrected chi connectivity index (χ3v) is 4.38. The number of hydrogen-bond acceptors (Lipinski definition) is 0. The Hall–Kier alpha value is -0.963. The van der Waals surface area contributed by atoms with Crippen LogP contribution in [0.2, 0.25) is 0 Å². The Morgan fingerprint density at radius 1 is 0.850 bits per heavy atom. The predicted molar refractivity (Wildman–Crippen MR) is 88.3 cm³/mol. The molecule has 0 bridgehead atoms. The second kappa shape index (κ2) is 7.16. The van der Waals surface area contributed by atoms with Crippen LogP contribution in [0.5, 0.6) is 0 Å². The molecule has 0 fully saturated rings. The van der Waals surface area contributed by atoms with Crippen LogP contribution in [-0.2, 0) is 4.09 Å². The first kappa shape index (κ1) is 15.4. The second-order valence-electron chi connectivity index (χ2n) is 6.02. The first-order valence-electron chi connectivity index (χ1n) is 7.79. The quantitative estimate of drug-likeness (QED) is 0.506. The van der Waals surface area contributed by atoms with Gasteiger partial charge in [-0.15, -0.1) is 0 Å². The van der Waals surface area contributed by atoms with E-state index in [0.29, 0.717) is 0 Å². The zero-order chi connectivity index (χ0) is 14.4. The molecular weight excluding hydrogens is 235 g/mol. The summed E-state index contributed by atoms with van der Waals surface area (Å²) < 4.78 is 0.129. The number of hydrogen-bond donors (Lipinski definition) is 0. The van der Waals surface area contributed by atoms with E-state index in [2.05, 4.69) is 86.2 Å². The summed E-state index contributed by atoms with van der Waals surface area (Å²) in [7, 11) is 0. The molecule has 0 amide bonds. The van der Waals surface area contributed by atoms with Crippen LogP contribution in [-0.4, -0.2) is 17.7 Å². The van der Waals surface area contributed by atoms with Gasteiger partial charge < -0.3 is 0 Å². The standard InChI is InChI=1S/C19H23.Li/c1-3-4-6-11-19(17-9-7-5-8-10-17)18-14-12-16(2)13-15-18;/h5,7-10,12-15H,3-4,6,11H2,1-2H3;. The maximum atomic E-state index is 2.39. The minimum atomic E-state index is 0.129. The first-order valence-corrected chi connectivity index (χ1v) is 7.79. The van der Waals surface area contributed by atoms with E-state index in [1.54, 1.807) is 0 Å². The van der Waals surface area contributed by atoms with E-state index >= 15 is 0 Å². The molecule has 0 aliphatic heterocycles. The summed E-state index contributed by atoms with van der Waals surface area (Å²) in [6.07, 6.45) is 5.09. The van der Waals surface area contributed by atoms with Crippen LogP contribution in [0, 0.1) is 6.92 Å². The van der Waals surface area contributed by atoms with Crippen LogP contribution in [0.25, 0.3) is 0 Å². The molecule has 0 aromatic heterocycles. The van der Waals surface area contributed by atoms with E-state index in [0.717, 1.165) is 0 Å². The fourth-order valence-corrected chi connectivity index (χ4v) is 2.91. The number of benzene rings is 2. The van der Waals surface area contributed by atoms with Crippen LogP contribution in [0.3, 0.4) is 0 Å².